The Hall–Kier alpha value is -1.58. The normalized spacial score (nSPS) is 12.8. The maximum atomic E-state index is 9.68. The molecule has 2 nitrogen and oxygen atoms in total. The molecule has 0 radical (unpaired) electrons. The summed E-state index contributed by atoms with van der Waals surface area (Å²) in [6.07, 6.45) is 4.96. The van der Waals surface area contributed by atoms with E-state index in [9.17, 15) is 5.11 Å². The Bertz CT molecular complexity index is 664. The number of unbranched alkanes of at least 4 members (excludes halogenated alkanes) is 1. The minimum atomic E-state index is -1.83. The van der Waals surface area contributed by atoms with Crippen LogP contribution in [0.2, 0.25) is 13.1 Å². The van der Waals surface area contributed by atoms with Crippen LogP contribution in [0, 0.1) is 5.92 Å². The summed E-state index contributed by atoms with van der Waals surface area (Å²) in [4.78, 5) is 0. The maximum absolute atomic E-state index is 9.68. The Morgan fingerprint density at radius 1 is 1.00 bits per heavy atom. The van der Waals surface area contributed by atoms with Gasteiger partial charge in [-0.15, -0.1) is 0 Å². The number of rotatable bonds is 10. The van der Waals surface area contributed by atoms with Crippen LogP contribution in [0.5, 0.6) is 5.75 Å². The van der Waals surface area contributed by atoms with Crippen LogP contribution in [-0.4, -0.2) is 19.8 Å². The summed E-state index contributed by atoms with van der Waals surface area (Å²) in [5.41, 5.74) is 1.05. The number of aliphatic hydroxyl groups excluding tert-OH is 1. The first kappa shape index (κ1) is 20.7. The van der Waals surface area contributed by atoms with Gasteiger partial charge in [-0.05, 0) is 35.2 Å². The lowest BCUT2D eigenvalue weighted by molar-refractivity contribution is 0.233. The molecule has 2 aromatic carbocycles. The molecule has 0 saturated carbocycles. The van der Waals surface area contributed by atoms with Gasteiger partial charge in [0, 0.05) is 0 Å². The van der Waals surface area contributed by atoms with Crippen molar-refractivity contribution in [3.05, 3.63) is 54.1 Å². The SMILES string of the molecule is CCCCC(CC)COc1ccc([Si](C)(C)c2ccccc2CO)cc1. The lowest BCUT2D eigenvalue weighted by atomic mass is 10.0. The van der Waals surface area contributed by atoms with E-state index in [0.717, 1.165) is 17.9 Å². The molecule has 0 amide bonds. The van der Waals surface area contributed by atoms with E-state index < -0.39 is 8.07 Å². The lowest BCUT2D eigenvalue weighted by Crippen LogP contribution is -2.54. The van der Waals surface area contributed by atoms with Gasteiger partial charge in [-0.1, -0.05) is 87.8 Å². The van der Waals surface area contributed by atoms with Crippen molar-refractivity contribution in [3.63, 3.8) is 0 Å². The summed E-state index contributed by atoms with van der Waals surface area (Å²) in [5.74, 6) is 1.61. The Morgan fingerprint density at radius 3 is 2.31 bits per heavy atom. The van der Waals surface area contributed by atoms with Gasteiger partial charge in [0.05, 0.1) is 13.2 Å². The van der Waals surface area contributed by atoms with Gasteiger partial charge in [-0.3, -0.25) is 0 Å². The summed E-state index contributed by atoms with van der Waals surface area (Å²) >= 11 is 0. The second-order valence-corrected chi connectivity index (χ2v) is 12.1. The van der Waals surface area contributed by atoms with Gasteiger partial charge in [0.15, 0.2) is 0 Å². The predicted octanol–water partition coefficient (Wildman–Crippen LogP) is 4.60. The van der Waals surface area contributed by atoms with Gasteiger partial charge in [0.25, 0.3) is 0 Å². The first-order valence-electron chi connectivity index (χ1n) is 9.95. The van der Waals surface area contributed by atoms with Crippen LogP contribution in [-0.2, 0) is 6.61 Å². The highest BCUT2D eigenvalue weighted by molar-refractivity contribution is 7.00. The van der Waals surface area contributed by atoms with Crippen molar-refractivity contribution in [2.45, 2.75) is 59.2 Å². The molecule has 1 N–H and O–H groups in total. The molecule has 0 aliphatic heterocycles. The van der Waals surface area contributed by atoms with E-state index in [2.05, 4.69) is 63.3 Å². The number of benzene rings is 2. The van der Waals surface area contributed by atoms with Crippen molar-refractivity contribution in [2.24, 2.45) is 5.92 Å². The molecule has 0 saturated heterocycles. The van der Waals surface area contributed by atoms with E-state index in [1.165, 1.54) is 36.1 Å². The first-order valence-corrected chi connectivity index (χ1v) is 13.0. The van der Waals surface area contributed by atoms with Crippen LogP contribution < -0.4 is 15.1 Å². The number of hydrogen-bond acceptors (Lipinski definition) is 2. The minimum Gasteiger partial charge on any atom is -0.493 e. The third kappa shape index (κ3) is 5.21. The third-order valence-corrected chi connectivity index (χ3v) is 9.08. The van der Waals surface area contributed by atoms with E-state index in [1.807, 2.05) is 12.1 Å². The fourth-order valence-electron chi connectivity index (χ4n) is 3.50. The molecule has 0 heterocycles. The molecule has 0 fully saturated rings. The van der Waals surface area contributed by atoms with Crippen molar-refractivity contribution >= 4 is 18.4 Å². The quantitative estimate of drug-likeness (QED) is 0.620. The smallest absolute Gasteiger partial charge is 0.119 e. The van der Waals surface area contributed by atoms with E-state index in [-0.39, 0.29) is 6.61 Å². The monoisotopic (exact) mass is 370 g/mol. The average molecular weight is 371 g/mol. The molecule has 0 aliphatic rings. The molecule has 0 bridgehead atoms. The number of hydrogen-bond donors (Lipinski definition) is 1. The van der Waals surface area contributed by atoms with Crippen LogP contribution in [0.15, 0.2) is 48.5 Å². The standard InChI is InChI=1S/C23H34O2Si/c1-5-7-10-19(6-2)18-25-21-13-15-22(16-14-21)26(3,4)23-12-9-8-11-20(23)17-24/h8-9,11-16,19,24H,5-7,10,17-18H2,1-4H3. The van der Waals surface area contributed by atoms with Crippen molar-refractivity contribution in [2.75, 3.05) is 6.61 Å². The number of aliphatic hydroxyl groups is 1. The average Bonchev–Trinajstić information content (AvgIpc) is 2.68. The third-order valence-electron chi connectivity index (χ3n) is 5.47. The Balaban J connectivity index is 2.08. The first-order chi connectivity index (χ1) is 12.5. The van der Waals surface area contributed by atoms with Gasteiger partial charge in [0.1, 0.15) is 13.8 Å². The molecule has 0 aliphatic carbocycles. The highest BCUT2D eigenvalue weighted by Crippen LogP contribution is 2.17. The van der Waals surface area contributed by atoms with Crippen LogP contribution in [0.4, 0.5) is 0 Å². The molecule has 1 unspecified atom stereocenters. The molecule has 142 valence electrons. The van der Waals surface area contributed by atoms with Crippen molar-refractivity contribution in [3.8, 4) is 5.75 Å². The van der Waals surface area contributed by atoms with Crippen molar-refractivity contribution in [1.82, 2.24) is 0 Å². The molecule has 1 atom stereocenters. The Labute approximate surface area is 160 Å². The molecule has 2 rings (SSSR count). The highest BCUT2D eigenvalue weighted by atomic mass is 28.3. The van der Waals surface area contributed by atoms with Crippen molar-refractivity contribution in [1.29, 1.82) is 0 Å². The van der Waals surface area contributed by atoms with Gasteiger partial charge in [-0.2, -0.15) is 0 Å². The van der Waals surface area contributed by atoms with Crippen LogP contribution in [0.25, 0.3) is 0 Å². The van der Waals surface area contributed by atoms with Crippen LogP contribution in [0.1, 0.15) is 45.1 Å². The molecule has 26 heavy (non-hydrogen) atoms. The van der Waals surface area contributed by atoms with Crippen LogP contribution >= 0.6 is 0 Å². The van der Waals surface area contributed by atoms with Gasteiger partial charge >= 0.3 is 0 Å². The molecule has 3 heteroatoms. The second kappa shape index (κ2) is 9.93. The zero-order valence-corrected chi connectivity index (χ0v) is 17.8. The molecular weight excluding hydrogens is 336 g/mol. The molecular formula is C23H34O2Si. The van der Waals surface area contributed by atoms with E-state index in [0.29, 0.717) is 5.92 Å². The maximum Gasteiger partial charge on any atom is 0.119 e. The Morgan fingerprint density at radius 2 is 1.69 bits per heavy atom. The Kier molecular flexibility index (Phi) is 7.92. The number of ether oxygens (including phenoxy) is 1. The summed E-state index contributed by atoms with van der Waals surface area (Å²) in [7, 11) is -1.83. The van der Waals surface area contributed by atoms with Gasteiger partial charge in [-0.25, -0.2) is 0 Å². The van der Waals surface area contributed by atoms with E-state index in [4.69, 9.17) is 4.74 Å². The summed E-state index contributed by atoms with van der Waals surface area (Å²) in [5, 5.41) is 12.4. The fourth-order valence-corrected chi connectivity index (χ4v) is 6.29. The van der Waals surface area contributed by atoms with Gasteiger partial charge in [0.2, 0.25) is 0 Å². The zero-order valence-electron chi connectivity index (χ0n) is 16.8. The molecule has 2 aromatic rings. The van der Waals surface area contributed by atoms with Crippen molar-refractivity contribution < 1.29 is 9.84 Å². The zero-order chi connectivity index (χ0) is 19.0. The fraction of sp³-hybridized carbons (Fsp3) is 0.478. The van der Waals surface area contributed by atoms with Gasteiger partial charge < -0.3 is 9.84 Å². The molecule has 0 spiro atoms. The minimum absolute atomic E-state index is 0.101. The summed E-state index contributed by atoms with van der Waals surface area (Å²) < 4.78 is 6.05. The highest BCUT2D eigenvalue weighted by Gasteiger charge is 2.28. The topological polar surface area (TPSA) is 29.5 Å². The van der Waals surface area contributed by atoms with E-state index >= 15 is 0 Å². The second-order valence-electron chi connectivity index (χ2n) is 7.69. The van der Waals surface area contributed by atoms with Crippen LogP contribution in [0.3, 0.4) is 0 Å². The predicted molar refractivity (Wildman–Crippen MR) is 114 cm³/mol. The largest absolute Gasteiger partial charge is 0.493 e. The lowest BCUT2D eigenvalue weighted by Gasteiger charge is -2.26. The molecule has 0 aromatic heterocycles. The summed E-state index contributed by atoms with van der Waals surface area (Å²) in [6.45, 7) is 10.1. The summed E-state index contributed by atoms with van der Waals surface area (Å²) in [6, 6.07) is 16.9. The van der Waals surface area contributed by atoms with E-state index in [1.54, 1.807) is 0 Å².